The first kappa shape index (κ1) is 13.6. The summed E-state index contributed by atoms with van der Waals surface area (Å²) < 4.78 is 11.1. The molecule has 1 N–H and O–H groups in total. The van der Waals surface area contributed by atoms with Crippen LogP contribution in [-0.4, -0.2) is 32.5 Å². The molecule has 1 fully saturated rings. The van der Waals surface area contributed by atoms with Gasteiger partial charge in [-0.3, -0.25) is 0 Å². The minimum Gasteiger partial charge on any atom is -0.376 e. The molecule has 0 bridgehead atoms. The number of hydrogen-bond donors (Lipinski definition) is 1. The van der Waals surface area contributed by atoms with Crippen molar-refractivity contribution in [3.63, 3.8) is 0 Å². The number of rotatable bonds is 4. The predicted octanol–water partition coefficient (Wildman–Crippen LogP) is 2.69. The zero-order valence-corrected chi connectivity index (χ0v) is 12.4. The average molecular weight is 281 g/mol. The number of ether oxygens (including phenoxy) is 2. The molecule has 0 radical (unpaired) electrons. The summed E-state index contributed by atoms with van der Waals surface area (Å²) in [6.45, 7) is 5.32. The van der Waals surface area contributed by atoms with E-state index in [9.17, 15) is 0 Å². The van der Waals surface area contributed by atoms with Gasteiger partial charge < -0.3 is 14.8 Å². The van der Waals surface area contributed by atoms with Crippen LogP contribution in [0.15, 0.2) is 6.07 Å². The SMILES string of the molecule is CC(NCC1COCCO1)c1cc2c(s1)CCCC2. The van der Waals surface area contributed by atoms with Crippen LogP contribution in [0.1, 0.15) is 41.1 Å². The molecule has 1 aliphatic carbocycles. The van der Waals surface area contributed by atoms with E-state index in [2.05, 4.69) is 18.3 Å². The highest BCUT2D eigenvalue weighted by molar-refractivity contribution is 7.12. The van der Waals surface area contributed by atoms with Crippen LogP contribution in [0.3, 0.4) is 0 Å². The molecule has 106 valence electrons. The lowest BCUT2D eigenvalue weighted by molar-refractivity contribution is -0.0869. The lowest BCUT2D eigenvalue weighted by Crippen LogP contribution is -2.38. The molecule has 0 amide bonds. The Morgan fingerprint density at radius 2 is 2.26 bits per heavy atom. The quantitative estimate of drug-likeness (QED) is 0.920. The van der Waals surface area contributed by atoms with Gasteiger partial charge in [0.25, 0.3) is 0 Å². The molecule has 0 saturated carbocycles. The van der Waals surface area contributed by atoms with E-state index in [1.807, 2.05) is 11.3 Å². The maximum atomic E-state index is 5.66. The summed E-state index contributed by atoms with van der Waals surface area (Å²) in [7, 11) is 0. The van der Waals surface area contributed by atoms with Crippen LogP contribution < -0.4 is 5.32 Å². The first-order valence-corrected chi connectivity index (χ1v) is 8.19. The van der Waals surface area contributed by atoms with E-state index in [0.29, 0.717) is 6.04 Å². The van der Waals surface area contributed by atoms with Crippen molar-refractivity contribution in [1.82, 2.24) is 5.32 Å². The molecule has 3 nitrogen and oxygen atoms in total. The van der Waals surface area contributed by atoms with Crippen molar-refractivity contribution in [3.8, 4) is 0 Å². The fourth-order valence-corrected chi connectivity index (χ4v) is 4.07. The third-order valence-corrected chi connectivity index (χ3v) is 5.40. The Hall–Kier alpha value is -0.420. The minimum atomic E-state index is 0.214. The number of hydrogen-bond acceptors (Lipinski definition) is 4. The van der Waals surface area contributed by atoms with Crippen LogP contribution in [0.4, 0.5) is 0 Å². The van der Waals surface area contributed by atoms with Gasteiger partial charge in [-0.1, -0.05) is 0 Å². The smallest absolute Gasteiger partial charge is 0.0933 e. The Bertz CT molecular complexity index is 389. The molecule has 1 aliphatic heterocycles. The van der Waals surface area contributed by atoms with Gasteiger partial charge in [-0.05, 0) is 44.2 Å². The number of fused-ring (bicyclic) bond motifs is 1. The summed E-state index contributed by atoms with van der Waals surface area (Å²) in [6, 6.07) is 2.83. The molecule has 1 saturated heterocycles. The van der Waals surface area contributed by atoms with Gasteiger partial charge in [0, 0.05) is 22.3 Å². The molecule has 4 heteroatoms. The average Bonchev–Trinajstić information content (AvgIpc) is 2.90. The standard InChI is InChI=1S/C15H23NO2S/c1-11(16-9-13-10-17-6-7-18-13)15-8-12-4-2-3-5-14(12)19-15/h8,11,13,16H,2-7,9-10H2,1H3. The Kier molecular flexibility index (Phi) is 4.53. The Labute approximate surface area is 119 Å². The predicted molar refractivity (Wildman–Crippen MR) is 77.9 cm³/mol. The van der Waals surface area contributed by atoms with E-state index in [4.69, 9.17) is 9.47 Å². The Morgan fingerprint density at radius 1 is 1.37 bits per heavy atom. The van der Waals surface area contributed by atoms with E-state index in [0.717, 1.165) is 26.4 Å². The lowest BCUT2D eigenvalue weighted by atomic mass is 9.99. The van der Waals surface area contributed by atoms with Gasteiger partial charge in [-0.15, -0.1) is 11.3 Å². The molecule has 2 unspecified atom stereocenters. The van der Waals surface area contributed by atoms with E-state index >= 15 is 0 Å². The zero-order valence-electron chi connectivity index (χ0n) is 11.6. The van der Waals surface area contributed by atoms with Gasteiger partial charge in [0.2, 0.25) is 0 Å². The third kappa shape index (κ3) is 3.37. The van der Waals surface area contributed by atoms with Gasteiger partial charge in [0.05, 0.1) is 25.9 Å². The van der Waals surface area contributed by atoms with Crippen LogP contribution in [0.25, 0.3) is 0 Å². The van der Waals surface area contributed by atoms with Crippen molar-refractivity contribution < 1.29 is 9.47 Å². The van der Waals surface area contributed by atoms with Crippen molar-refractivity contribution in [2.24, 2.45) is 0 Å². The van der Waals surface area contributed by atoms with E-state index in [1.54, 1.807) is 10.4 Å². The van der Waals surface area contributed by atoms with E-state index in [1.165, 1.54) is 30.6 Å². The maximum absolute atomic E-state index is 5.66. The van der Waals surface area contributed by atoms with Crippen LogP contribution in [0.2, 0.25) is 0 Å². The Balaban J connectivity index is 1.54. The maximum Gasteiger partial charge on any atom is 0.0933 e. The summed E-state index contributed by atoms with van der Waals surface area (Å²) in [6.07, 6.45) is 5.50. The summed E-state index contributed by atoms with van der Waals surface area (Å²) in [4.78, 5) is 3.09. The van der Waals surface area contributed by atoms with Crippen LogP contribution in [0.5, 0.6) is 0 Å². The van der Waals surface area contributed by atoms with Gasteiger partial charge in [0.1, 0.15) is 0 Å². The first-order valence-electron chi connectivity index (χ1n) is 7.37. The highest BCUT2D eigenvalue weighted by Crippen LogP contribution is 2.32. The topological polar surface area (TPSA) is 30.5 Å². The molecule has 0 spiro atoms. The lowest BCUT2D eigenvalue weighted by Gasteiger charge is -2.24. The summed E-state index contributed by atoms with van der Waals surface area (Å²) in [5.74, 6) is 0. The molecule has 1 aromatic rings. The largest absolute Gasteiger partial charge is 0.376 e. The zero-order chi connectivity index (χ0) is 13.1. The molecule has 3 rings (SSSR count). The fourth-order valence-electron chi connectivity index (χ4n) is 2.79. The first-order chi connectivity index (χ1) is 9.33. The molecule has 19 heavy (non-hydrogen) atoms. The van der Waals surface area contributed by atoms with Gasteiger partial charge >= 0.3 is 0 Å². The van der Waals surface area contributed by atoms with Crippen molar-refractivity contribution in [2.45, 2.75) is 44.8 Å². The molecule has 1 aromatic heterocycles. The summed E-state index contributed by atoms with van der Waals surface area (Å²) >= 11 is 2.00. The number of aryl methyl sites for hydroxylation is 2. The second-order valence-electron chi connectivity index (χ2n) is 5.50. The highest BCUT2D eigenvalue weighted by atomic mass is 32.1. The molecule has 2 heterocycles. The summed E-state index contributed by atoms with van der Waals surface area (Å²) in [5.41, 5.74) is 1.59. The van der Waals surface area contributed by atoms with E-state index < -0.39 is 0 Å². The van der Waals surface area contributed by atoms with Gasteiger partial charge in [-0.25, -0.2) is 0 Å². The monoisotopic (exact) mass is 281 g/mol. The van der Waals surface area contributed by atoms with E-state index in [-0.39, 0.29) is 6.10 Å². The second kappa shape index (κ2) is 6.35. The fraction of sp³-hybridized carbons (Fsp3) is 0.733. The van der Waals surface area contributed by atoms with Crippen molar-refractivity contribution in [2.75, 3.05) is 26.4 Å². The second-order valence-corrected chi connectivity index (χ2v) is 6.67. The summed E-state index contributed by atoms with van der Waals surface area (Å²) in [5, 5.41) is 3.58. The van der Waals surface area contributed by atoms with Crippen molar-refractivity contribution in [1.29, 1.82) is 0 Å². The van der Waals surface area contributed by atoms with Crippen LogP contribution in [-0.2, 0) is 22.3 Å². The van der Waals surface area contributed by atoms with Gasteiger partial charge in [-0.2, -0.15) is 0 Å². The van der Waals surface area contributed by atoms with Crippen LogP contribution >= 0.6 is 11.3 Å². The molecule has 0 aromatic carbocycles. The van der Waals surface area contributed by atoms with Crippen LogP contribution in [0, 0.1) is 0 Å². The normalized spacial score (nSPS) is 25.0. The Morgan fingerprint density at radius 3 is 3.05 bits per heavy atom. The third-order valence-electron chi connectivity index (χ3n) is 3.98. The minimum absolute atomic E-state index is 0.214. The highest BCUT2D eigenvalue weighted by Gasteiger charge is 2.19. The van der Waals surface area contributed by atoms with Gasteiger partial charge in [0.15, 0.2) is 0 Å². The number of thiophene rings is 1. The molecule has 2 atom stereocenters. The number of nitrogens with one attached hydrogen (secondary N) is 1. The molecule has 2 aliphatic rings. The van der Waals surface area contributed by atoms with Crippen molar-refractivity contribution in [3.05, 3.63) is 21.4 Å². The molecular formula is C15H23NO2S. The van der Waals surface area contributed by atoms with Crippen molar-refractivity contribution >= 4 is 11.3 Å². The molecular weight excluding hydrogens is 258 g/mol.